The van der Waals surface area contributed by atoms with E-state index in [2.05, 4.69) is 12.3 Å². The van der Waals surface area contributed by atoms with Gasteiger partial charge in [0.15, 0.2) is 0 Å². The zero-order valence-corrected chi connectivity index (χ0v) is 3.65. The molecule has 1 aliphatic carbocycles. The zero-order valence-electron chi connectivity index (χ0n) is 3.65. The van der Waals surface area contributed by atoms with Crippen molar-refractivity contribution in [2.75, 3.05) is 0 Å². The van der Waals surface area contributed by atoms with Crippen molar-refractivity contribution in [3.05, 3.63) is 6.42 Å². The molecule has 1 unspecified atom stereocenters. The van der Waals surface area contributed by atoms with Crippen LogP contribution < -0.4 is 0 Å². The Balaban J connectivity index is 2.05. The van der Waals surface area contributed by atoms with Crippen LogP contribution in [0.25, 0.3) is 0 Å². The first-order chi connectivity index (χ1) is 2.93. The van der Waals surface area contributed by atoms with Crippen molar-refractivity contribution in [2.45, 2.75) is 12.8 Å². The lowest BCUT2D eigenvalue weighted by Crippen LogP contribution is -1.64. The molecule has 0 N–H and O–H groups in total. The number of rotatable bonds is 1. The highest BCUT2D eigenvalue weighted by molar-refractivity contribution is 5.02. The summed E-state index contributed by atoms with van der Waals surface area (Å²) in [4.78, 5) is 0. The van der Waals surface area contributed by atoms with Crippen molar-refractivity contribution in [3.63, 3.8) is 0 Å². The van der Waals surface area contributed by atoms with Gasteiger partial charge in [-0.15, -0.1) is 12.3 Å². The Bertz CT molecular complexity index is 72.5. The van der Waals surface area contributed by atoms with Crippen LogP contribution in [0.3, 0.4) is 0 Å². The highest BCUT2D eigenvalue weighted by Gasteiger charge is 2.19. The third kappa shape index (κ3) is 0.755. The number of hydrogen-bond donors (Lipinski definition) is 0. The highest BCUT2D eigenvalue weighted by atomic mass is 14.2. The summed E-state index contributed by atoms with van der Waals surface area (Å²) in [7, 11) is 0. The number of terminal acetylenes is 1. The Kier molecular flexibility index (Phi) is 0.837. The summed E-state index contributed by atoms with van der Waals surface area (Å²) in [5.74, 6) is 3.39. The van der Waals surface area contributed by atoms with E-state index in [4.69, 9.17) is 6.42 Å². The van der Waals surface area contributed by atoms with Gasteiger partial charge in [0.05, 0.1) is 0 Å². The van der Waals surface area contributed by atoms with E-state index in [1.54, 1.807) is 0 Å². The second-order valence-electron chi connectivity index (χ2n) is 1.64. The standard InChI is InChI=1S/C6H7/c1-2-3-6-4-5-6/h1,4,6H,3,5H2. The minimum Gasteiger partial charge on any atom is -0.120 e. The second-order valence-corrected chi connectivity index (χ2v) is 1.64. The van der Waals surface area contributed by atoms with Crippen molar-refractivity contribution in [2.24, 2.45) is 5.92 Å². The van der Waals surface area contributed by atoms with E-state index in [-0.39, 0.29) is 0 Å². The van der Waals surface area contributed by atoms with E-state index in [1.165, 1.54) is 6.42 Å². The van der Waals surface area contributed by atoms with Crippen LogP contribution in [0.1, 0.15) is 12.8 Å². The molecule has 0 bridgehead atoms. The van der Waals surface area contributed by atoms with Crippen LogP contribution in [0.5, 0.6) is 0 Å². The van der Waals surface area contributed by atoms with Crippen LogP contribution in [-0.2, 0) is 0 Å². The Morgan fingerprint density at radius 2 is 2.67 bits per heavy atom. The first kappa shape index (κ1) is 3.74. The molecule has 0 aromatic heterocycles. The van der Waals surface area contributed by atoms with E-state index in [9.17, 15) is 0 Å². The van der Waals surface area contributed by atoms with Gasteiger partial charge in [0.25, 0.3) is 0 Å². The van der Waals surface area contributed by atoms with Crippen molar-refractivity contribution in [1.82, 2.24) is 0 Å². The molecule has 0 spiro atoms. The van der Waals surface area contributed by atoms with Gasteiger partial charge < -0.3 is 0 Å². The van der Waals surface area contributed by atoms with Crippen molar-refractivity contribution >= 4 is 0 Å². The van der Waals surface area contributed by atoms with Crippen molar-refractivity contribution in [3.8, 4) is 12.3 Å². The smallest absolute Gasteiger partial charge is 0.0117 e. The molecule has 0 heterocycles. The van der Waals surface area contributed by atoms with Crippen LogP contribution in [0.2, 0.25) is 0 Å². The van der Waals surface area contributed by atoms with Crippen LogP contribution in [0, 0.1) is 24.7 Å². The summed E-state index contributed by atoms with van der Waals surface area (Å²) in [6.45, 7) is 0. The van der Waals surface area contributed by atoms with Gasteiger partial charge in [0, 0.05) is 6.42 Å². The maximum atomic E-state index is 5.00. The monoisotopic (exact) mass is 79.1 g/mol. The van der Waals surface area contributed by atoms with E-state index < -0.39 is 0 Å². The summed E-state index contributed by atoms with van der Waals surface area (Å²) in [6, 6.07) is 0. The third-order valence-electron chi connectivity index (χ3n) is 0.949. The minimum absolute atomic E-state index is 0.787. The maximum Gasteiger partial charge on any atom is 0.0117 e. The molecule has 0 nitrogen and oxygen atoms in total. The molecule has 0 amide bonds. The van der Waals surface area contributed by atoms with Crippen LogP contribution in [-0.4, -0.2) is 0 Å². The molecule has 0 saturated heterocycles. The van der Waals surface area contributed by atoms with Gasteiger partial charge in [0.1, 0.15) is 0 Å². The first-order valence-corrected chi connectivity index (χ1v) is 2.20. The minimum atomic E-state index is 0.787. The Morgan fingerprint density at radius 1 is 2.00 bits per heavy atom. The second kappa shape index (κ2) is 1.34. The first-order valence-electron chi connectivity index (χ1n) is 2.20. The molecular formula is C6H7. The molecule has 1 atom stereocenters. The fourth-order valence-electron chi connectivity index (χ4n) is 0.414. The molecule has 31 valence electrons. The quantitative estimate of drug-likeness (QED) is 0.415. The van der Waals surface area contributed by atoms with Gasteiger partial charge in [-0.3, -0.25) is 0 Å². The molecule has 1 rings (SSSR count). The SMILES string of the molecule is C#CCC1[CH]C1. The molecule has 0 heteroatoms. The molecule has 0 aliphatic heterocycles. The van der Waals surface area contributed by atoms with Gasteiger partial charge >= 0.3 is 0 Å². The molecule has 0 aromatic rings. The highest BCUT2D eigenvalue weighted by Crippen LogP contribution is 2.29. The number of hydrogen-bond acceptors (Lipinski definition) is 0. The van der Waals surface area contributed by atoms with E-state index in [0.717, 1.165) is 12.3 Å². The summed E-state index contributed by atoms with van der Waals surface area (Å²) in [6.07, 6.45) is 9.45. The lowest BCUT2D eigenvalue weighted by atomic mass is 10.3. The van der Waals surface area contributed by atoms with E-state index >= 15 is 0 Å². The van der Waals surface area contributed by atoms with Gasteiger partial charge in [-0.2, -0.15) is 0 Å². The lowest BCUT2D eigenvalue weighted by Gasteiger charge is -1.73. The summed E-state index contributed by atoms with van der Waals surface area (Å²) in [5.41, 5.74) is 0. The van der Waals surface area contributed by atoms with Crippen LogP contribution in [0.15, 0.2) is 0 Å². The molecule has 6 heavy (non-hydrogen) atoms. The fourth-order valence-corrected chi connectivity index (χ4v) is 0.414. The average Bonchev–Trinajstić information content (AvgIpc) is 2.21. The molecule has 1 fully saturated rings. The Morgan fingerprint density at radius 3 is 2.83 bits per heavy atom. The topological polar surface area (TPSA) is 0 Å². The van der Waals surface area contributed by atoms with Gasteiger partial charge in [-0.25, -0.2) is 0 Å². The normalized spacial score (nSPS) is 19.8. The van der Waals surface area contributed by atoms with Gasteiger partial charge in [-0.05, 0) is 18.8 Å². The summed E-state index contributed by atoms with van der Waals surface area (Å²) < 4.78 is 0. The predicted octanol–water partition coefficient (Wildman–Crippen LogP) is 1.23. The fraction of sp³-hybridized carbons (Fsp3) is 0.500. The van der Waals surface area contributed by atoms with E-state index in [0.29, 0.717) is 0 Å². The van der Waals surface area contributed by atoms with Gasteiger partial charge in [0.2, 0.25) is 0 Å². The maximum absolute atomic E-state index is 5.00. The largest absolute Gasteiger partial charge is 0.120 e. The summed E-state index contributed by atoms with van der Waals surface area (Å²) in [5, 5.41) is 0. The molecule has 1 saturated carbocycles. The molecule has 1 aliphatic rings. The van der Waals surface area contributed by atoms with Crippen LogP contribution >= 0.6 is 0 Å². The lowest BCUT2D eigenvalue weighted by molar-refractivity contribution is 0.916. The molecule has 1 radical (unpaired) electrons. The predicted molar refractivity (Wildman–Crippen MR) is 25.9 cm³/mol. The zero-order chi connectivity index (χ0) is 4.41. The Hall–Kier alpha value is -0.440. The molecular weight excluding hydrogens is 72.1 g/mol. The average molecular weight is 79.1 g/mol. The third-order valence-corrected chi connectivity index (χ3v) is 0.949. The van der Waals surface area contributed by atoms with Crippen LogP contribution in [0.4, 0.5) is 0 Å². The van der Waals surface area contributed by atoms with E-state index in [1.807, 2.05) is 0 Å². The van der Waals surface area contributed by atoms with Crippen molar-refractivity contribution < 1.29 is 0 Å². The van der Waals surface area contributed by atoms with Crippen molar-refractivity contribution in [1.29, 1.82) is 0 Å². The van der Waals surface area contributed by atoms with Gasteiger partial charge in [-0.1, -0.05) is 0 Å². The Labute approximate surface area is 38.6 Å². The molecule has 0 aromatic carbocycles. The summed E-state index contributed by atoms with van der Waals surface area (Å²) >= 11 is 0.